The molecule has 18 heavy (non-hydrogen) atoms. The molecule has 4 unspecified atom stereocenters. The van der Waals surface area contributed by atoms with E-state index in [9.17, 15) is 5.11 Å². The van der Waals surface area contributed by atoms with E-state index in [1.807, 2.05) is 12.1 Å². The number of nitrogens with zero attached hydrogens (tertiary/aromatic N) is 1. The van der Waals surface area contributed by atoms with Crippen LogP contribution in [0.4, 0.5) is 0 Å². The van der Waals surface area contributed by atoms with Gasteiger partial charge in [-0.1, -0.05) is 24.3 Å². The van der Waals surface area contributed by atoms with Crippen LogP contribution in [0.25, 0.3) is 0 Å². The number of phenols is 1. The fraction of sp³-hybridized carbons (Fsp3) is 0.500. The summed E-state index contributed by atoms with van der Waals surface area (Å²) in [4.78, 5) is 2.46. The normalized spacial score (nSPS) is 41.5. The molecule has 2 bridgehead atoms. The summed E-state index contributed by atoms with van der Waals surface area (Å²) in [7, 11) is 2.22. The number of allylic oxidation sites excluding steroid dienone is 2. The van der Waals surface area contributed by atoms with Gasteiger partial charge in [-0.3, -0.25) is 0 Å². The highest BCUT2D eigenvalue weighted by Gasteiger charge is 2.60. The number of hydrogen-bond donors (Lipinski definition) is 1. The first kappa shape index (κ1) is 10.6. The third-order valence-electron chi connectivity index (χ3n) is 5.38. The number of rotatable bonds is 1. The quantitative estimate of drug-likeness (QED) is 0.763. The molecule has 1 heterocycles. The Labute approximate surface area is 108 Å². The van der Waals surface area contributed by atoms with Gasteiger partial charge in [-0.2, -0.15) is 0 Å². The van der Waals surface area contributed by atoms with Gasteiger partial charge in [0.2, 0.25) is 0 Å². The van der Waals surface area contributed by atoms with Crippen LogP contribution in [-0.4, -0.2) is 30.1 Å². The monoisotopic (exact) mass is 241 g/mol. The third kappa shape index (κ3) is 1.17. The molecule has 0 aromatic heterocycles. The number of aromatic hydroxyl groups is 1. The van der Waals surface area contributed by atoms with Crippen LogP contribution < -0.4 is 0 Å². The van der Waals surface area contributed by atoms with Crippen LogP contribution in [0.3, 0.4) is 0 Å². The van der Waals surface area contributed by atoms with Gasteiger partial charge in [0.05, 0.1) is 0 Å². The van der Waals surface area contributed by atoms with E-state index in [-0.39, 0.29) is 5.41 Å². The lowest BCUT2D eigenvalue weighted by Gasteiger charge is -2.37. The molecule has 1 saturated heterocycles. The number of phenolic OH excluding ortho intramolecular Hbond substituents is 1. The van der Waals surface area contributed by atoms with Crippen molar-refractivity contribution in [2.45, 2.75) is 11.8 Å². The first-order valence-corrected chi connectivity index (χ1v) is 6.86. The van der Waals surface area contributed by atoms with Crippen molar-refractivity contribution in [3.8, 4) is 5.75 Å². The predicted molar refractivity (Wildman–Crippen MR) is 71.5 cm³/mol. The standard InChI is InChI=1S/C16H19NO/c1-17-9-15-11-5-6-13(7-11)16(15,10-17)12-3-2-4-14(18)8-12/h2-6,8,11,13,15,18H,7,9-10H2,1H3. The SMILES string of the molecule is CN1CC2C3C=CC(C3)C2(c2cccc(O)c2)C1. The Hall–Kier alpha value is -1.28. The largest absolute Gasteiger partial charge is 0.508 e. The number of likely N-dealkylation sites (N-methyl/N-ethyl adjacent to an activating group) is 1. The molecule has 1 N–H and O–H groups in total. The molecule has 94 valence electrons. The fourth-order valence-electron chi connectivity index (χ4n) is 4.76. The molecule has 1 aromatic carbocycles. The van der Waals surface area contributed by atoms with E-state index >= 15 is 0 Å². The van der Waals surface area contributed by atoms with E-state index in [0.29, 0.717) is 11.7 Å². The van der Waals surface area contributed by atoms with Gasteiger partial charge in [-0.25, -0.2) is 0 Å². The second kappa shape index (κ2) is 3.39. The highest BCUT2D eigenvalue weighted by molar-refractivity contribution is 5.41. The molecule has 1 aliphatic heterocycles. The van der Waals surface area contributed by atoms with Gasteiger partial charge in [-0.05, 0) is 48.9 Å². The van der Waals surface area contributed by atoms with E-state index in [4.69, 9.17) is 0 Å². The average molecular weight is 241 g/mol. The summed E-state index contributed by atoms with van der Waals surface area (Å²) in [5.41, 5.74) is 1.60. The van der Waals surface area contributed by atoms with Crippen molar-refractivity contribution in [1.82, 2.24) is 4.90 Å². The van der Waals surface area contributed by atoms with Gasteiger partial charge in [0.25, 0.3) is 0 Å². The number of likely N-dealkylation sites (tertiary alicyclic amines) is 1. The molecule has 0 amide bonds. The van der Waals surface area contributed by atoms with E-state index in [1.165, 1.54) is 18.5 Å². The maximum absolute atomic E-state index is 9.79. The summed E-state index contributed by atoms with van der Waals surface area (Å²) < 4.78 is 0. The van der Waals surface area contributed by atoms with Crippen LogP contribution in [-0.2, 0) is 5.41 Å². The topological polar surface area (TPSA) is 23.5 Å². The fourth-order valence-corrected chi connectivity index (χ4v) is 4.76. The van der Waals surface area contributed by atoms with Crippen LogP contribution in [0.1, 0.15) is 12.0 Å². The zero-order valence-corrected chi connectivity index (χ0v) is 10.7. The minimum Gasteiger partial charge on any atom is -0.508 e. The summed E-state index contributed by atoms with van der Waals surface area (Å²) >= 11 is 0. The van der Waals surface area contributed by atoms with Gasteiger partial charge < -0.3 is 10.0 Å². The molecule has 2 nitrogen and oxygen atoms in total. The Morgan fingerprint density at radius 2 is 2.22 bits per heavy atom. The lowest BCUT2D eigenvalue weighted by atomic mass is 9.66. The van der Waals surface area contributed by atoms with Crippen LogP contribution in [0.5, 0.6) is 5.75 Å². The Bertz CT molecular complexity index is 524. The smallest absolute Gasteiger partial charge is 0.115 e. The van der Waals surface area contributed by atoms with Crippen molar-refractivity contribution in [2.24, 2.45) is 17.8 Å². The van der Waals surface area contributed by atoms with Crippen molar-refractivity contribution in [3.63, 3.8) is 0 Å². The van der Waals surface area contributed by atoms with E-state index < -0.39 is 0 Å². The zero-order valence-electron chi connectivity index (χ0n) is 10.7. The molecule has 1 aromatic rings. The lowest BCUT2D eigenvalue weighted by molar-refractivity contribution is 0.306. The van der Waals surface area contributed by atoms with E-state index in [1.54, 1.807) is 6.07 Å². The zero-order chi connectivity index (χ0) is 12.3. The number of hydrogen-bond acceptors (Lipinski definition) is 2. The summed E-state index contributed by atoms with van der Waals surface area (Å²) in [6, 6.07) is 7.96. The second-order valence-corrected chi connectivity index (χ2v) is 6.28. The first-order valence-electron chi connectivity index (χ1n) is 6.86. The first-order chi connectivity index (χ1) is 8.70. The molecule has 2 heteroatoms. The van der Waals surface area contributed by atoms with Crippen LogP contribution in [0.2, 0.25) is 0 Å². The van der Waals surface area contributed by atoms with Gasteiger partial charge in [0.15, 0.2) is 0 Å². The Kier molecular flexibility index (Phi) is 2.00. The Morgan fingerprint density at radius 1 is 1.33 bits per heavy atom. The maximum atomic E-state index is 9.79. The molecule has 4 atom stereocenters. The second-order valence-electron chi connectivity index (χ2n) is 6.28. The number of fused-ring (bicyclic) bond motifs is 5. The van der Waals surface area contributed by atoms with Gasteiger partial charge in [-0.15, -0.1) is 0 Å². The minimum absolute atomic E-state index is 0.257. The molecule has 3 aliphatic rings. The molecular weight excluding hydrogens is 222 g/mol. The van der Waals surface area contributed by atoms with Gasteiger partial charge >= 0.3 is 0 Å². The van der Waals surface area contributed by atoms with Crippen molar-refractivity contribution in [3.05, 3.63) is 42.0 Å². The average Bonchev–Trinajstić information content (AvgIpc) is 2.98. The Morgan fingerprint density at radius 3 is 3.06 bits per heavy atom. The minimum atomic E-state index is 0.257. The Balaban J connectivity index is 1.87. The highest BCUT2D eigenvalue weighted by Crippen LogP contribution is 2.60. The van der Waals surface area contributed by atoms with Crippen molar-refractivity contribution >= 4 is 0 Å². The van der Waals surface area contributed by atoms with Crippen LogP contribution in [0.15, 0.2) is 36.4 Å². The molecule has 2 fully saturated rings. The van der Waals surface area contributed by atoms with E-state index in [0.717, 1.165) is 18.4 Å². The van der Waals surface area contributed by atoms with Crippen molar-refractivity contribution in [2.75, 3.05) is 20.1 Å². The third-order valence-corrected chi connectivity index (χ3v) is 5.38. The molecule has 0 spiro atoms. The summed E-state index contributed by atoms with van der Waals surface area (Å²) in [5.74, 6) is 2.56. The summed E-state index contributed by atoms with van der Waals surface area (Å²) in [5, 5.41) is 9.79. The van der Waals surface area contributed by atoms with Crippen molar-refractivity contribution in [1.29, 1.82) is 0 Å². The maximum Gasteiger partial charge on any atom is 0.115 e. The molecular formula is C16H19NO. The van der Waals surface area contributed by atoms with Gasteiger partial charge in [0, 0.05) is 18.5 Å². The van der Waals surface area contributed by atoms with Crippen LogP contribution in [0, 0.1) is 17.8 Å². The molecule has 4 rings (SSSR count). The highest BCUT2D eigenvalue weighted by atomic mass is 16.3. The molecule has 0 radical (unpaired) electrons. The van der Waals surface area contributed by atoms with E-state index in [2.05, 4.69) is 30.2 Å². The lowest BCUT2D eigenvalue weighted by Crippen LogP contribution is -2.39. The van der Waals surface area contributed by atoms with Crippen molar-refractivity contribution < 1.29 is 5.11 Å². The predicted octanol–water partition coefficient (Wildman–Crippen LogP) is 2.40. The molecule has 2 aliphatic carbocycles. The van der Waals surface area contributed by atoms with Gasteiger partial charge in [0.1, 0.15) is 5.75 Å². The van der Waals surface area contributed by atoms with Crippen LogP contribution >= 0.6 is 0 Å². The summed E-state index contributed by atoms with van der Waals surface area (Å²) in [6.45, 7) is 2.33. The summed E-state index contributed by atoms with van der Waals surface area (Å²) in [6.07, 6.45) is 6.16. The number of benzene rings is 1. The molecule has 1 saturated carbocycles.